The molecule has 0 aliphatic heterocycles. The highest BCUT2D eigenvalue weighted by Gasteiger charge is 2.22. The van der Waals surface area contributed by atoms with Crippen LogP contribution in [0, 0.1) is 0 Å². The predicted octanol–water partition coefficient (Wildman–Crippen LogP) is 1.38. The van der Waals surface area contributed by atoms with Gasteiger partial charge in [-0.05, 0) is 30.4 Å². The Hall–Kier alpha value is -0.860. The van der Waals surface area contributed by atoms with Crippen LogP contribution in [0.25, 0.3) is 0 Å². The molecule has 1 aromatic rings. The van der Waals surface area contributed by atoms with Crippen LogP contribution in [-0.4, -0.2) is 11.1 Å². The van der Waals surface area contributed by atoms with E-state index in [1.807, 2.05) is 18.2 Å². The zero-order valence-corrected chi connectivity index (χ0v) is 7.61. The van der Waals surface area contributed by atoms with Crippen LogP contribution in [0.1, 0.15) is 30.1 Å². The van der Waals surface area contributed by atoms with Crippen molar-refractivity contribution in [1.82, 2.24) is 0 Å². The Morgan fingerprint density at radius 3 is 2.92 bits per heavy atom. The minimum Gasteiger partial charge on any atom is -0.387 e. The van der Waals surface area contributed by atoms with Gasteiger partial charge in [0.2, 0.25) is 0 Å². The second-order valence-electron chi connectivity index (χ2n) is 3.70. The Bertz CT molecular complexity index is 298. The molecule has 0 unspecified atom stereocenters. The molecule has 0 heterocycles. The third kappa shape index (κ3) is 1.60. The van der Waals surface area contributed by atoms with Crippen LogP contribution in [0.3, 0.4) is 0 Å². The van der Waals surface area contributed by atoms with E-state index in [1.54, 1.807) is 0 Å². The number of rotatable bonds is 0. The van der Waals surface area contributed by atoms with Gasteiger partial charge in [0.15, 0.2) is 0 Å². The molecule has 0 bridgehead atoms. The molecule has 0 aromatic heterocycles. The Morgan fingerprint density at radius 1 is 1.31 bits per heavy atom. The van der Waals surface area contributed by atoms with Crippen molar-refractivity contribution in [1.29, 1.82) is 0 Å². The maximum Gasteiger partial charge on any atom is 0.0943 e. The van der Waals surface area contributed by atoms with Crippen LogP contribution in [0.15, 0.2) is 24.3 Å². The molecule has 1 aromatic carbocycles. The number of aryl methyl sites for hydroxylation is 1. The van der Waals surface area contributed by atoms with Crippen LogP contribution in [-0.2, 0) is 6.42 Å². The topological polar surface area (TPSA) is 46.2 Å². The lowest BCUT2D eigenvalue weighted by molar-refractivity contribution is 0.144. The zero-order chi connectivity index (χ0) is 9.26. The molecule has 2 heteroatoms. The van der Waals surface area contributed by atoms with Gasteiger partial charge in [0, 0.05) is 6.04 Å². The Morgan fingerprint density at radius 2 is 2.08 bits per heavy atom. The lowest BCUT2D eigenvalue weighted by Crippen LogP contribution is -2.27. The molecule has 0 amide bonds. The molecule has 13 heavy (non-hydrogen) atoms. The summed E-state index contributed by atoms with van der Waals surface area (Å²) in [7, 11) is 0. The summed E-state index contributed by atoms with van der Waals surface area (Å²) in [6.45, 7) is 0. The van der Waals surface area contributed by atoms with Crippen molar-refractivity contribution in [2.45, 2.75) is 31.4 Å². The number of aliphatic hydroxyl groups excluding tert-OH is 1. The van der Waals surface area contributed by atoms with Crippen molar-refractivity contribution in [3.05, 3.63) is 35.4 Å². The van der Waals surface area contributed by atoms with Crippen molar-refractivity contribution < 1.29 is 5.11 Å². The first-order valence-corrected chi connectivity index (χ1v) is 4.80. The molecule has 0 saturated heterocycles. The number of aliphatic hydroxyl groups is 1. The van der Waals surface area contributed by atoms with E-state index >= 15 is 0 Å². The standard InChI is InChI=1S/C11H15NO/c12-10-7-3-5-8-4-1-2-6-9(8)11(10)13/h1-2,4,6,10-11,13H,3,5,7,12H2/t10-,11+/m0/s1. The summed E-state index contributed by atoms with van der Waals surface area (Å²) in [4.78, 5) is 0. The highest BCUT2D eigenvalue weighted by Crippen LogP contribution is 2.27. The quantitative estimate of drug-likeness (QED) is 0.588. The fourth-order valence-corrected chi connectivity index (χ4v) is 1.97. The largest absolute Gasteiger partial charge is 0.387 e. The van der Waals surface area contributed by atoms with Crippen molar-refractivity contribution in [2.24, 2.45) is 5.73 Å². The average Bonchev–Trinajstić information content (AvgIpc) is 2.29. The first-order chi connectivity index (χ1) is 6.29. The molecule has 0 fully saturated rings. The van der Waals surface area contributed by atoms with Gasteiger partial charge >= 0.3 is 0 Å². The molecule has 1 aliphatic carbocycles. The van der Waals surface area contributed by atoms with Gasteiger partial charge in [0.1, 0.15) is 0 Å². The number of hydrogen-bond acceptors (Lipinski definition) is 2. The SMILES string of the molecule is N[C@H]1CCCc2ccccc2[C@H]1O. The van der Waals surface area contributed by atoms with Gasteiger partial charge in [0.25, 0.3) is 0 Å². The van der Waals surface area contributed by atoms with E-state index in [0.717, 1.165) is 24.8 Å². The summed E-state index contributed by atoms with van der Waals surface area (Å²) >= 11 is 0. The summed E-state index contributed by atoms with van der Waals surface area (Å²) in [5.41, 5.74) is 8.12. The van der Waals surface area contributed by atoms with Crippen LogP contribution in [0.2, 0.25) is 0 Å². The summed E-state index contributed by atoms with van der Waals surface area (Å²) in [6.07, 6.45) is 2.56. The fourth-order valence-electron chi connectivity index (χ4n) is 1.97. The first-order valence-electron chi connectivity index (χ1n) is 4.80. The second kappa shape index (κ2) is 3.48. The minimum absolute atomic E-state index is 0.0938. The molecule has 2 nitrogen and oxygen atoms in total. The van der Waals surface area contributed by atoms with E-state index in [9.17, 15) is 5.11 Å². The van der Waals surface area contributed by atoms with E-state index in [0.29, 0.717) is 0 Å². The molecule has 70 valence electrons. The van der Waals surface area contributed by atoms with Gasteiger partial charge < -0.3 is 10.8 Å². The van der Waals surface area contributed by atoms with Crippen LogP contribution in [0.4, 0.5) is 0 Å². The molecule has 2 atom stereocenters. The molecule has 0 saturated carbocycles. The van der Waals surface area contributed by atoms with Gasteiger partial charge in [-0.3, -0.25) is 0 Å². The van der Waals surface area contributed by atoms with Crippen molar-refractivity contribution >= 4 is 0 Å². The average molecular weight is 177 g/mol. The maximum absolute atomic E-state index is 9.88. The number of benzene rings is 1. The molecule has 0 radical (unpaired) electrons. The molecule has 1 aliphatic rings. The van der Waals surface area contributed by atoms with Crippen molar-refractivity contribution in [3.63, 3.8) is 0 Å². The normalized spacial score (nSPS) is 27.8. The highest BCUT2D eigenvalue weighted by molar-refractivity contribution is 5.31. The van der Waals surface area contributed by atoms with E-state index in [4.69, 9.17) is 5.73 Å². The molecule has 0 spiro atoms. The smallest absolute Gasteiger partial charge is 0.0943 e. The summed E-state index contributed by atoms with van der Waals surface area (Å²) < 4.78 is 0. The Labute approximate surface area is 78.4 Å². The molecule has 2 rings (SSSR count). The van der Waals surface area contributed by atoms with Gasteiger partial charge in [-0.1, -0.05) is 24.3 Å². The third-order valence-corrected chi connectivity index (χ3v) is 2.76. The third-order valence-electron chi connectivity index (χ3n) is 2.76. The first kappa shape index (κ1) is 8.73. The van der Waals surface area contributed by atoms with Crippen LogP contribution in [0.5, 0.6) is 0 Å². The second-order valence-corrected chi connectivity index (χ2v) is 3.70. The zero-order valence-electron chi connectivity index (χ0n) is 7.61. The summed E-state index contributed by atoms with van der Waals surface area (Å²) in [5.74, 6) is 0. The van der Waals surface area contributed by atoms with Crippen LogP contribution >= 0.6 is 0 Å². The minimum atomic E-state index is -0.473. The number of fused-ring (bicyclic) bond motifs is 1. The Kier molecular flexibility index (Phi) is 2.34. The van der Waals surface area contributed by atoms with E-state index in [2.05, 4.69) is 6.07 Å². The lowest BCUT2D eigenvalue weighted by atomic mass is 9.99. The van der Waals surface area contributed by atoms with Crippen molar-refractivity contribution in [3.8, 4) is 0 Å². The maximum atomic E-state index is 9.88. The van der Waals surface area contributed by atoms with Gasteiger partial charge in [-0.25, -0.2) is 0 Å². The molecular weight excluding hydrogens is 162 g/mol. The van der Waals surface area contributed by atoms with Crippen molar-refractivity contribution in [2.75, 3.05) is 0 Å². The van der Waals surface area contributed by atoms with E-state index in [-0.39, 0.29) is 6.04 Å². The van der Waals surface area contributed by atoms with Gasteiger partial charge in [-0.2, -0.15) is 0 Å². The highest BCUT2D eigenvalue weighted by atomic mass is 16.3. The van der Waals surface area contributed by atoms with E-state index in [1.165, 1.54) is 5.56 Å². The summed E-state index contributed by atoms with van der Waals surface area (Å²) in [6, 6.07) is 7.94. The number of nitrogens with two attached hydrogens (primary N) is 1. The summed E-state index contributed by atoms with van der Waals surface area (Å²) in [5, 5.41) is 9.88. The Balaban J connectivity index is 2.40. The van der Waals surface area contributed by atoms with Crippen LogP contribution < -0.4 is 5.73 Å². The fraction of sp³-hybridized carbons (Fsp3) is 0.455. The van der Waals surface area contributed by atoms with Gasteiger partial charge in [-0.15, -0.1) is 0 Å². The molecular formula is C11H15NO. The van der Waals surface area contributed by atoms with Gasteiger partial charge in [0.05, 0.1) is 6.10 Å². The monoisotopic (exact) mass is 177 g/mol. The number of hydrogen-bond donors (Lipinski definition) is 2. The molecule has 3 N–H and O–H groups in total. The lowest BCUT2D eigenvalue weighted by Gasteiger charge is -2.17. The van der Waals surface area contributed by atoms with E-state index < -0.39 is 6.10 Å². The predicted molar refractivity (Wildman–Crippen MR) is 52.3 cm³/mol.